The molecular formula is C20H19FO5. The van der Waals surface area contributed by atoms with Gasteiger partial charge in [-0.1, -0.05) is 6.07 Å². The predicted octanol–water partition coefficient (Wildman–Crippen LogP) is 3.13. The zero-order valence-electron chi connectivity index (χ0n) is 14.4. The molecule has 0 spiro atoms. The van der Waals surface area contributed by atoms with Crippen LogP contribution in [0.4, 0.5) is 4.39 Å². The van der Waals surface area contributed by atoms with Gasteiger partial charge < -0.3 is 14.2 Å². The smallest absolute Gasteiger partial charge is 0.344 e. The second kappa shape index (κ2) is 7.99. The predicted molar refractivity (Wildman–Crippen MR) is 92.2 cm³/mol. The highest BCUT2D eigenvalue weighted by Gasteiger charge is 2.16. The number of rotatable bonds is 7. The molecule has 1 aliphatic rings. The molecule has 0 saturated heterocycles. The molecule has 0 saturated carbocycles. The van der Waals surface area contributed by atoms with Gasteiger partial charge in [0, 0.05) is 0 Å². The lowest BCUT2D eigenvalue weighted by atomic mass is 10.1. The Kier molecular flexibility index (Phi) is 5.51. The fourth-order valence-corrected chi connectivity index (χ4v) is 2.94. The second-order valence-electron chi connectivity index (χ2n) is 6.00. The fourth-order valence-electron chi connectivity index (χ4n) is 2.94. The van der Waals surface area contributed by atoms with Crippen LogP contribution in [0.5, 0.6) is 11.5 Å². The standard InChI is InChI=1S/C20H19FO5/c1-24-19-8-6-15(21)10-17(19)18(22)11-26-20(23)12-25-16-7-5-13-3-2-4-14(13)9-16/h5-10H,2-4,11-12H2,1H3. The van der Waals surface area contributed by atoms with Gasteiger partial charge in [0.2, 0.25) is 5.78 Å². The molecule has 5 nitrogen and oxygen atoms in total. The molecule has 136 valence electrons. The minimum Gasteiger partial charge on any atom is -0.496 e. The number of ketones is 1. The summed E-state index contributed by atoms with van der Waals surface area (Å²) in [6.45, 7) is -0.807. The lowest BCUT2D eigenvalue weighted by Gasteiger charge is -2.10. The summed E-state index contributed by atoms with van der Waals surface area (Å²) in [6, 6.07) is 9.34. The number of aryl methyl sites for hydroxylation is 2. The molecule has 1 aliphatic carbocycles. The van der Waals surface area contributed by atoms with Crippen LogP contribution in [0.2, 0.25) is 0 Å². The Morgan fingerprint density at radius 2 is 1.85 bits per heavy atom. The average molecular weight is 358 g/mol. The summed E-state index contributed by atoms with van der Waals surface area (Å²) in [6.07, 6.45) is 3.22. The average Bonchev–Trinajstić information content (AvgIpc) is 3.12. The normalized spacial score (nSPS) is 12.4. The largest absolute Gasteiger partial charge is 0.496 e. The number of carbonyl (C=O) groups is 2. The van der Waals surface area contributed by atoms with Gasteiger partial charge in [-0.3, -0.25) is 4.79 Å². The van der Waals surface area contributed by atoms with E-state index in [0.717, 1.165) is 25.3 Å². The van der Waals surface area contributed by atoms with Crippen molar-refractivity contribution >= 4 is 11.8 Å². The topological polar surface area (TPSA) is 61.8 Å². The molecule has 0 radical (unpaired) electrons. The maximum absolute atomic E-state index is 13.3. The summed E-state index contributed by atoms with van der Waals surface area (Å²) in [5.74, 6) is -0.968. The summed E-state index contributed by atoms with van der Waals surface area (Å²) in [5, 5.41) is 0. The molecule has 26 heavy (non-hydrogen) atoms. The van der Waals surface area contributed by atoms with Crippen LogP contribution in [-0.4, -0.2) is 32.1 Å². The van der Waals surface area contributed by atoms with Gasteiger partial charge in [0.1, 0.15) is 17.3 Å². The molecule has 0 aromatic heterocycles. The first-order valence-electron chi connectivity index (χ1n) is 8.34. The van der Waals surface area contributed by atoms with E-state index in [4.69, 9.17) is 14.2 Å². The summed E-state index contributed by atoms with van der Waals surface area (Å²) in [7, 11) is 1.38. The number of ether oxygens (including phenoxy) is 3. The van der Waals surface area contributed by atoms with Crippen molar-refractivity contribution in [2.45, 2.75) is 19.3 Å². The van der Waals surface area contributed by atoms with Crippen molar-refractivity contribution in [3.63, 3.8) is 0 Å². The molecule has 0 bridgehead atoms. The quantitative estimate of drug-likeness (QED) is 0.562. The maximum atomic E-state index is 13.3. The van der Waals surface area contributed by atoms with Crippen LogP contribution in [0.15, 0.2) is 36.4 Å². The van der Waals surface area contributed by atoms with E-state index in [2.05, 4.69) is 0 Å². The Morgan fingerprint density at radius 1 is 1.04 bits per heavy atom. The van der Waals surface area contributed by atoms with E-state index < -0.39 is 24.2 Å². The van der Waals surface area contributed by atoms with Crippen molar-refractivity contribution < 1.29 is 28.2 Å². The molecule has 6 heteroatoms. The van der Waals surface area contributed by atoms with Crippen molar-refractivity contribution in [1.82, 2.24) is 0 Å². The Morgan fingerprint density at radius 3 is 2.65 bits per heavy atom. The molecular weight excluding hydrogens is 339 g/mol. The van der Waals surface area contributed by atoms with E-state index in [1.807, 2.05) is 18.2 Å². The lowest BCUT2D eigenvalue weighted by molar-refractivity contribution is -0.144. The molecule has 0 fully saturated rings. The van der Waals surface area contributed by atoms with Crippen LogP contribution in [0.3, 0.4) is 0 Å². The number of hydrogen-bond donors (Lipinski definition) is 0. The zero-order valence-corrected chi connectivity index (χ0v) is 14.4. The Balaban J connectivity index is 1.51. The number of Topliss-reactive ketones (excluding diaryl/α,β-unsaturated/α-hetero) is 1. The highest BCUT2D eigenvalue weighted by atomic mass is 19.1. The van der Waals surface area contributed by atoms with E-state index in [-0.39, 0.29) is 17.9 Å². The molecule has 0 aliphatic heterocycles. The van der Waals surface area contributed by atoms with Crippen LogP contribution in [0, 0.1) is 5.82 Å². The number of methoxy groups -OCH3 is 1. The molecule has 0 N–H and O–H groups in total. The second-order valence-corrected chi connectivity index (χ2v) is 6.00. The van der Waals surface area contributed by atoms with E-state index in [1.165, 1.54) is 30.4 Å². The fraction of sp³-hybridized carbons (Fsp3) is 0.300. The van der Waals surface area contributed by atoms with E-state index in [0.29, 0.717) is 5.75 Å². The van der Waals surface area contributed by atoms with E-state index >= 15 is 0 Å². The van der Waals surface area contributed by atoms with Crippen LogP contribution in [-0.2, 0) is 22.4 Å². The number of halogens is 1. The third kappa shape index (κ3) is 4.20. The van der Waals surface area contributed by atoms with Crippen LogP contribution in [0.1, 0.15) is 27.9 Å². The van der Waals surface area contributed by atoms with Crippen LogP contribution >= 0.6 is 0 Å². The molecule has 0 atom stereocenters. The molecule has 0 heterocycles. The summed E-state index contributed by atoms with van der Waals surface area (Å²) >= 11 is 0. The highest BCUT2D eigenvalue weighted by molar-refractivity contribution is 6.00. The van der Waals surface area contributed by atoms with Gasteiger partial charge in [0.15, 0.2) is 13.2 Å². The summed E-state index contributed by atoms with van der Waals surface area (Å²) < 4.78 is 28.7. The monoisotopic (exact) mass is 358 g/mol. The molecule has 0 unspecified atom stereocenters. The maximum Gasteiger partial charge on any atom is 0.344 e. The summed E-state index contributed by atoms with van der Waals surface area (Å²) in [5.41, 5.74) is 2.58. The third-order valence-electron chi connectivity index (χ3n) is 4.25. The summed E-state index contributed by atoms with van der Waals surface area (Å²) in [4.78, 5) is 23.9. The number of carbonyl (C=O) groups excluding carboxylic acids is 2. The first-order chi connectivity index (χ1) is 12.6. The number of esters is 1. The van der Waals surface area contributed by atoms with Crippen molar-refractivity contribution in [1.29, 1.82) is 0 Å². The molecule has 2 aromatic rings. The van der Waals surface area contributed by atoms with Crippen molar-refractivity contribution in [2.75, 3.05) is 20.3 Å². The van der Waals surface area contributed by atoms with Gasteiger partial charge in [0.25, 0.3) is 0 Å². The van der Waals surface area contributed by atoms with Gasteiger partial charge in [-0.2, -0.15) is 0 Å². The first-order valence-corrected chi connectivity index (χ1v) is 8.34. The van der Waals surface area contributed by atoms with E-state index in [1.54, 1.807) is 0 Å². The van der Waals surface area contributed by atoms with Gasteiger partial charge in [-0.25, -0.2) is 9.18 Å². The van der Waals surface area contributed by atoms with Gasteiger partial charge in [-0.05, 0) is 60.7 Å². The minimum absolute atomic E-state index is 0.0276. The van der Waals surface area contributed by atoms with Crippen LogP contribution in [0.25, 0.3) is 0 Å². The number of hydrogen-bond acceptors (Lipinski definition) is 5. The van der Waals surface area contributed by atoms with Gasteiger partial charge in [-0.15, -0.1) is 0 Å². The van der Waals surface area contributed by atoms with Crippen LogP contribution < -0.4 is 9.47 Å². The molecule has 0 amide bonds. The highest BCUT2D eigenvalue weighted by Crippen LogP contribution is 2.26. The SMILES string of the molecule is COc1ccc(F)cc1C(=O)COC(=O)COc1ccc2c(c1)CCC2. The van der Waals surface area contributed by atoms with Gasteiger partial charge in [0.05, 0.1) is 12.7 Å². The molecule has 3 rings (SSSR count). The number of fused-ring (bicyclic) bond motifs is 1. The van der Waals surface area contributed by atoms with Crippen molar-refractivity contribution in [3.8, 4) is 11.5 Å². The minimum atomic E-state index is -0.672. The van der Waals surface area contributed by atoms with Crippen molar-refractivity contribution in [2.24, 2.45) is 0 Å². The lowest BCUT2D eigenvalue weighted by Crippen LogP contribution is -2.20. The zero-order chi connectivity index (χ0) is 18.5. The number of benzene rings is 2. The first kappa shape index (κ1) is 17.9. The Bertz CT molecular complexity index is 831. The third-order valence-corrected chi connectivity index (χ3v) is 4.25. The molecule has 2 aromatic carbocycles. The van der Waals surface area contributed by atoms with Gasteiger partial charge >= 0.3 is 5.97 Å². The Labute approximate surface area is 150 Å². The van der Waals surface area contributed by atoms with E-state index in [9.17, 15) is 14.0 Å². The Hall–Kier alpha value is -2.89. The van der Waals surface area contributed by atoms with Crippen molar-refractivity contribution in [3.05, 3.63) is 58.9 Å².